The predicted octanol–water partition coefficient (Wildman–Crippen LogP) is 3.40. The quantitative estimate of drug-likeness (QED) is 0.876. The summed E-state index contributed by atoms with van der Waals surface area (Å²) in [5.74, 6) is 0. The van der Waals surface area contributed by atoms with Crippen LogP contribution in [0.3, 0.4) is 0 Å². The summed E-state index contributed by atoms with van der Waals surface area (Å²) in [5, 5.41) is 9.20. The van der Waals surface area contributed by atoms with E-state index in [1.54, 1.807) is 0 Å². The van der Waals surface area contributed by atoms with Gasteiger partial charge in [0.25, 0.3) is 0 Å². The lowest BCUT2D eigenvalue weighted by molar-refractivity contribution is 0.266. The Hall–Kier alpha value is -1.09. The maximum absolute atomic E-state index is 9.20. The highest BCUT2D eigenvalue weighted by Gasteiger charge is 2.23. The van der Waals surface area contributed by atoms with Crippen molar-refractivity contribution in [1.82, 2.24) is 4.98 Å². The molecule has 3 nitrogen and oxygen atoms in total. The van der Waals surface area contributed by atoms with Gasteiger partial charge in [0.1, 0.15) is 0 Å². The summed E-state index contributed by atoms with van der Waals surface area (Å²) in [6.07, 6.45) is 5.98. The Morgan fingerprint density at radius 1 is 1.28 bits per heavy atom. The monoisotopic (exact) mass is 252 g/mol. The number of rotatable bonds is 2. The molecule has 1 unspecified atom stereocenters. The fourth-order valence-corrected chi connectivity index (χ4v) is 2.06. The second-order valence-corrected chi connectivity index (χ2v) is 3.89. The maximum Gasteiger partial charge on any atom is 0.0635 e. The van der Waals surface area contributed by atoms with Gasteiger partial charge in [-0.15, -0.1) is 0 Å². The second kappa shape index (κ2) is 9.89. The van der Waals surface area contributed by atoms with E-state index in [0.717, 1.165) is 18.7 Å². The van der Waals surface area contributed by atoms with Crippen LogP contribution in [0.1, 0.15) is 46.1 Å². The predicted molar refractivity (Wildman–Crippen MR) is 79.1 cm³/mol. The average Bonchev–Trinajstić information content (AvgIpc) is 2.91. The summed E-state index contributed by atoms with van der Waals surface area (Å²) in [5.41, 5.74) is 2.31. The first-order valence-electron chi connectivity index (χ1n) is 7.10. The fourth-order valence-electron chi connectivity index (χ4n) is 2.06. The SMILES string of the molecule is CC.CC.Cc1cncc(N2CCCC2CO)c1. The van der Waals surface area contributed by atoms with Crippen molar-refractivity contribution in [3.63, 3.8) is 0 Å². The zero-order valence-corrected chi connectivity index (χ0v) is 12.5. The van der Waals surface area contributed by atoms with Gasteiger partial charge in [-0.1, -0.05) is 27.7 Å². The van der Waals surface area contributed by atoms with Crippen LogP contribution in [0, 0.1) is 6.92 Å². The molecule has 0 radical (unpaired) electrons. The lowest BCUT2D eigenvalue weighted by Gasteiger charge is -2.24. The van der Waals surface area contributed by atoms with Crippen LogP contribution >= 0.6 is 0 Å². The van der Waals surface area contributed by atoms with E-state index in [1.165, 1.54) is 12.0 Å². The number of aliphatic hydroxyl groups is 1. The van der Waals surface area contributed by atoms with E-state index in [9.17, 15) is 5.11 Å². The van der Waals surface area contributed by atoms with Crippen LogP contribution in [0.2, 0.25) is 0 Å². The lowest BCUT2D eigenvalue weighted by atomic mass is 10.2. The maximum atomic E-state index is 9.20. The molecule has 104 valence electrons. The van der Waals surface area contributed by atoms with Crippen molar-refractivity contribution in [3.8, 4) is 0 Å². The van der Waals surface area contributed by atoms with Crippen LogP contribution in [0.4, 0.5) is 5.69 Å². The van der Waals surface area contributed by atoms with E-state index >= 15 is 0 Å². The third kappa shape index (κ3) is 4.65. The molecule has 1 aromatic heterocycles. The van der Waals surface area contributed by atoms with E-state index in [4.69, 9.17) is 0 Å². The number of anilines is 1. The van der Waals surface area contributed by atoms with E-state index in [-0.39, 0.29) is 6.61 Å². The molecule has 1 aliphatic rings. The molecule has 3 heteroatoms. The van der Waals surface area contributed by atoms with Crippen molar-refractivity contribution in [2.75, 3.05) is 18.1 Å². The third-order valence-electron chi connectivity index (χ3n) is 2.78. The van der Waals surface area contributed by atoms with Crippen LogP contribution in [0.15, 0.2) is 18.5 Å². The van der Waals surface area contributed by atoms with Gasteiger partial charge in [0.05, 0.1) is 24.5 Å². The first-order valence-corrected chi connectivity index (χ1v) is 7.10. The molecule has 0 bridgehead atoms. The van der Waals surface area contributed by atoms with Crippen LogP contribution in [-0.2, 0) is 0 Å². The number of hydrogen-bond acceptors (Lipinski definition) is 3. The van der Waals surface area contributed by atoms with Crippen LogP contribution in [0.5, 0.6) is 0 Å². The minimum Gasteiger partial charge on any atom is -0.394 e. The minimum absolute atomic E-state index is 0.244. The van der Waals surface area contributed by atoms with Crippen molar-refractivity contribution in [2.24, 2.45) is 0 Å². The molecule has 0 spiro atoms. The van der Waals surface area contributed by atoms with E-state index < -0.39 is 0 Å². The Morgan fingerprint density at radius 3 is 2.50 bits per heavy atom. The van der Waals surface area contributed by atoms with E-state index in [0.29, 0.717) is 6.04 Å². The molecule has 2 heterocycles. The van der Waals surface area contributed by atoms with Crippen molar-refractivity contribution in [2.45, 2.75) is 53.5 Å². The van der Waals surface area contributed by atoms with Crippen molar-refractivity contribution < 1.29 is 5.11 Å². The summed E-state index contributed by atoms with van der Waals surface area (Å²) >= 11 is 0. The molecule has 0 aliphatic carbocycles. The molecule has 1 aliphatic heterocycles. The van der Waals surface area contributed by atoms with Gasteiger partial charge in [-0.2, -0.15) is 0 Å². The number of aliphatic hydroxyl groups excluding tert-OH is 1. The van der Waals surface area contributed by atoms with Gasteiger partial charge in [-0.05, 0) is 31.4 Å². The van der Waals surface area contributed by atoms with Crippen molar-refractivity contribution in [3.05, 3.63) is 24.0 Å². The molecule has 2 rings (SSSR count). The number of aryl methyl sites for hydroxylation is 1. The largest absolute Gasteiger partial charge is 0.394 e. The van der Waals surface area contributed by atoms with Crippen molar-refractivity contribution in [1.29, 1.82) is 0 Å². The molecule has 1 saturated heterocycles. The number of nitrogens with zero attached hydrogens (tertiary/aromatic N) is 2. The molecule has 0 aromatic carbocycles. The van der Waals surface area contributed by atoms with Crippen LogP contribution in [-0.4, -0.2) is 29.3 Å². The van der Waals surface area contributed by atoms with Gasteiger partial charge in [0.15, 0.2) is 0 Å². The number of pyridine rings is 1. The summed E-state index contributed by atoms with van der Waals surface area (Å²) in [4.78, 5) is 6.42. The highest BCUT2D eigenvalue weighted by molar-refractivity contribution is 5.47. The Bertz CT molecular complexity index is 315. The molecule has 0 saturated carbocycles. The van der Waals surface area contributed by atoms with Gasteiger partial charge in [-0.25, -0.2) is 0 Å². The standard InChI is InChI=1S/C11H16N2O.2C2H6/c1-9-5-11(7-12-6-9)13-4-2-3-10(13)8-14;2*1-2/h5-7,10,14H,2-4,8H2,1H3;2*1-2H3. The van der Waals surface area contributed by atoms with Gasteiger partial charge in [-0.3, -0.25) is 4.98 Å². The molecule has 18 heavy (non-hydrogen) atoms. The molecular weight excluding hydrogens is 224 g/mol. The number of aromatic nitrogens is 1. The third-order valence-corrected chi connectivity index (χ3v) is 2.78. The summed E-state index contributed by atoms with van der Waals surface area (Å²) in [7, 11) is 0. The highest BCUT2D eigenvalue weighted by atomic mass is 16.3. The zero-order chi connectivity index (χ0) is 14.0. The van der Waals surface area contributed by atoms with Gasteiger partial charge in [0, 0.05) is 12.7 Å². The molecule has 1 N–H and O–H groups in total. The summed E-state index contributed by atoms with van der Waals surface area (Å²) in [6.45, 7) is 11.3. The van der Waals surface area contributed by atoms with Gasteiger partial charge < -0.3 is 10.0 Å². The number of hydrogen-bond donors (Lipinski definition) is 1. The molecule has 1 aromatic rings. The summed E-state index contributed by atoms with van der Waals surface area (Å²) < 4.78 is 0. The highest BCUT2D eigenvalue weighted by Crippen LogP contribution is 2.24. The van der Waals surface area contributed by atoms with Crippen LogP contribution in [0.25, 0.3) is 0 Å². The van der Waals surface area contributed by atoms with E-state index in [1.807, 2.05) is 47.0 Å². The Balaban J connectivity index is 0.000000659. The van der Waals surface area contributed by atoms with Crippen LogP contribution < -0.4 is 4.90 Å². The smallest absolute Gasteiger partial charge is 0.0635 e. The first kappa shape index (κ1) is 16.9. The minimum atomic E-state index is 0.244. The second-order valence-electron chi connectivity index (χ2n) is 3.89. The first-order chi connectivity index (χ1) is 8.81. The summed E-state index contributed by atoms with van der Waals surface area (Å²) in [6, 6.07) is 2.42. The molecule has 0 amide bonds. The lowest BCUT2D eigenvalue weighted by Crippen LogP contribution is -2.32. The Labute approximate surface area is 112 Å². The van der Waals surface area contributed by atoms with Gasteiger partial charge in [0.2, 0.25) is 0 Å². The molecule has 1 atom stereocenters. The Kier molecular flexibility index (Phi) is 9.29. The molecular formula is C15H28N2O. The topological polar surface area (TPSA) is 36.4 Å². The average molecular weight is 252 g/mol. The van der Waals surface area contributed by atoms with Gasteiger partial charge >= 0.3 is 0 Å². The van der Waals surface area contributed by atoms with Crippen molar-refractivity contribution >= 4 is 5.69 Å². The molecule has 1 fully saturated rings. The Morgan fingerprint density at radius 2 is 1.94 bits per heavy atom. The van der Waals surface area contributed by atoms with E-state index in [2.05, 4.69) is 16.0 Å². The normalized spacial score (nSPS) is 17.4. The zero-order valence-electron chi connectivity index (χ0n) is 12.5. The fraction of sp³-hybridized carbons (Fsp3) is 0.667.